The van der Waals surface area contributed by atoms with Crippen molar-refractivity contribution >= 4 is 0 Å². The quantitative estimate of drug-likeness (QED) is 0.880. The van der Waals surface area contributed by atoms with E-state index < -0.39 is 0 Å². The molecule has 17 heavy (non-hydrogen) atoms. The summed E-state index contributed by atoms with van der Waals surface area (Å²) in [7, 11) is 3.57. The van der Waals surface area contributed by atoms with Crippen LogP contribution in [0.3, 0.4) is 0 Å². The van der Waals surface area contributed by atoms with E-state index in [0.29, 0.717) is 0 Å². The fourth-order valence-corrected chi connectivity index (χ4v) is 1.98. The van der Waals surface area contributed by atoms with Gasteiger partial charge in [-0.3, -0.25) is 4.68 Å². The summed E-state index contributed by atoms with van der Waals surface area (Å²) < 4.78 is 6.97. The topological polar surface area (TPSA) is 53.1 Å². The highest BCUT2D eigenvalue weighted by Crippen LogP contribution is 2.28. The van der Waals surface area contributed by atoms with Crippen molar-refractivity contribution in [1.29, 1.82) is 0 Å². The zero-order valence-electron chi connectivity index (χ0n) is 10.3. The van der Waals surface area contributed by atoms with E-state index in [-0.39, 0.29) is 6.04 Å². The highest BCUT2D eigenvalue weighted by molar-refractivity contribution is 5.66. The Morgan fingerprint density at radius 3 is 2.47 bits per heavy atom. The standard InChI is InChI=1S/C13H17N3O/c1-9(14)13-12(8-15-16(13)2)10-4-6-11(17-3)7-5-10/h4-9H,14H2,1-3H3. The van der Waals surface area contributed by atoms with Crippen molar-refractivity contribution in [3.63, 3.8) is 0 Å². The molecule has 0 bridgehead atoms. The molecule has 4 nitrogen and oxygen atoms in total. The number of aromatic nitrogens is 2. The molecule has 1 aromatic heterocycles. The van der Waals surface area contributed by atoms with Gasteiger partial charge in [0, 0.05) is 18.7 Å². The van der Waals surface area contributed by atoms with Gasteiger partial charge in [0.25, 0.3) is 0 Å². The molecule has 0 radical (unpaired) electrons. The maximum atomic E-state index is 5.97. The predicted octanol–water partition coefficient (Wildman–Crippen LogP) is 2.12. The predicted molar refractivity (Wildman–Crippen MR) is 67.8 cm³/mol. The van der Waals surface area contributed by atoms with Crippen LogP contribution in [-0.2, 0) is 7.05 Å². The summed E-state index contributed by atoms with van der Waals surface area (Å²) >= 11 is 0. The second-order valence-electron chi connectivity index (χ2n) is 4.08. The van der Waals surface area contributed by atoms with Crippen LogP contribution >= 0.6 is 0 Å². The molecule has 1 heterocycles. The molecule has 2 N–H and O–H groups in total. The number of aryl methyl sites for hydroxylation is 1. The first-order valence-electron chi connectivity index (χ1n) is 5.55. The highest BCUT2D eigenvalue weighted by atomic mass is 16.5. The van der Waals surface area contributed by atoms with Crippen molar-refractivity contribution < 1.29 is 4.74 Å². The minimum Gasteiger partial charge on any atom is -0.497 e. The van der Waals surface area contributed by atoms with Crippen molar-refractivity contribution in [3.8, 4) is 16.9 Å². The molecular weight excluding hydrogens is 214 g/mol. The van der Waals surface area contributed by atoms with Gasteiger partial charge in [0.2, 0.25) is 0 Å². The van der Waals surface area contributed by atoms with Crippen molar-refractivity contribution in [2.75, 3.05) is 7.11 Å². The summed E-state index contributed by atoms with van der Waals surface area (Å²) in [4.78, 5) is 0. The third kappa shape index (κ3) is 2.17. The average Bonchev–Trinajstić information content (AvgIpc) is 2.71. The Balaban J connectivity index is 2.45. The lowest BCUT2D eigenvalue weighted by molar-refractivity contribution is 0.415. The van der Waals surface area contributed by atoms with Crippen LogP contribution in [0.1, 0.15) is 18.7 Å². The fraction of sp³-hybridized carbons (Fsp3) is 0.308. The van der Waals surface area contributed by atoms with Crippen molar-refractivity contribution in [2.24, 2.45) is 12.8 Å². The van der Waals surface area contributed by atoms with Gasteiger partial charge in [0.05, 0.1) is 19.0 Å². The van der Waals surface area contributed by atoms with E-state index >= 15 is 0 Å². The summed E-state index contributed by atoms with van der Waals surface area (Å²) in [6.07, 6.45) is 1.85. The third-order valence-corrected chi connectivity index (χ3v) is 2.82. The summed E-state index contributed by atoms with van der Waals surface area (Å²) in [5.41, 5.74) is 9.18. The maximum Gasteiger partial charge on any atom is 0.118 e. The van der Waals surface area contributed by atoms with Gasteiger partial charge in [-0.05, 0) is 24.6 Å². The number of ether oxygens (including phenoxy) is 1. The van der Waals surface area contributed by atoms with Crippen LogP contribution in [0.4, 0.5) is 0 Å². The lowest BCUT2D eigenvalue weighted by atomic mass is 10.0. The maximum absolute atomic E-state index is 5.97. The van der Waals surface area contributed by atoms with Crippen molar-refractivity contribution in [1.82, 2.24) is 9.78 Å². The molecule has 0 spiro atoms. The second-order valence-corrected chi connectivity index (χ2v) is 4.08. The Morgan fingerprint density at radius 1 is 1.29 bits per heavy atom. The number of rotatable bonds is 3. The molecule has 0 aliphatic heterocycles. The van der Waals surface area contributed by atoms with Gasteiger partial charge < -0.3 is 10.5 Å². The van der Waals surface area contributed by atoms with Gasteiger partial charge in [-0.1, -0.05) is 12.1 Å². The zero-order valence-corrected chi connectivity index (χ0v) is 10.3. The number of benzene rings is 1. The molecule has 1 aromatic carbocycles. The number of nitrogens with two attached hydrogens (primary N) is 1. The molecule has 4 heteroatoms. The minimum absolute atomic E-state index is 0.0420. The van der Waals surface area contributed by atoms with Gasteiger partial charge in [-0.25, -0.2) is 0 Å². The third-order valence-electron chi connectivity index (χ3n) is 2.82. The molecule has 0 amide bonds. The summed E-state index contributed by atoms with van der Waals surface area (Å²) in [6, 6.07) is 7.86. The Bertz CT molecular complexity index is 500. The van der Waals surface area contributed by atoms with E-state index in [9.17, 15) is 0 Å². The lowest BCUT2D eigenvalue weighted by Gasteiger charge is -2.10. The van der Waals surface area contributed by atoms with Gasteiger partial charge in [0.1, 0.15) is 5.75 Å². The fourth-order valence-electron chi connectivity index (χ4n) is 1.98. The van der Waals surface area contributed by atoms with E-state index in [4.69, 9.17) is 10.5 Å². The lowest BCUT2D eigenvalue weighted by Crippen LogP contribution is -2.11. The Kier molecular flexibility index (Phi) is 3.15. The van der Waals surface area contributed by atoms with Crippen molar-refractivity contribution in [3.05, 3.63) is 36.2 Å². The van der Waals surface area contributed by atoms with Gasteiger partial charge in [0.15, 0.2) is 0 Å². The monoisotopic (exact) mass is 231 g/mol. The molecule has 0 saturated heterocycles. The normalized spacial score (nSPS) is 12.5. The molecule has 2 rings (SSSR count). The second kappa shape index (κ2) is 4.59. The van der Waals surface area contributed by atoms with Crippen LogP contribution in [0.2, 0.25) is 0 Å². The highest BCUT2D eigenvalue weighted by Gasteiger charge is 2.13. The van der Waals surface area contributed by atoms with E-state index in [1.54, 1.807) is 7.11 Å². The number of hydrogen-bond donors (Lipinski definition) is 1. The molecular formula is C13H17N3O. The molecule has 2 aromatic rings. The SMILES string of the molecule is COc1ccc(-c2cnn(C)c2C(C)N)cc1. The van der Waals surface area contributed by atoms with Crippen LogP contribution < -0.4 is 10.5 Å². The van der Waals surface area contributed by atoms with E-state index in [0.717, 1.165) is 22.6 Å². The molecule has 0 fully saturated rings. The number of nitrogens with zero attached hydrogens (tertiary/aromatic N) is 2. The Hall–Kier alpha value is -1.81. The first kappa shape index (κ1) is 11.7. The zero-order chi connectivity index (χ0) is 12.4. The molecule has 0 aliphatic carbocycles. The summed E-state index contributed by atoms with van der Waals surface area (Å²) in [5, 5.41) is 4.26. The van der Waals surface area contributed by atoms with E-state index in [1.807, 2.05) is 49.1 Å². The summed E-state index contributed by atoms with van der Waals surface area (Å²) in [5.74, 6) is 0.847. The van der Waals surface area contributed by atoms with Crippen LogP contribution in [0.25, 0.3) is 11.1 Å². The molecule has 0 aliphatic rings. The van der Waals surface area contributed by atoms with Gasteiger partial charge >= 0.3 is 0 Å². The first-order valence-corrected chi connectivity index (χ1v) is 5.55. The molecule has 90 valence electrons. The Labute approximate surface area is 101 Å². The van der Waals surface area contributed by atoms with Crippen LogP contribution in [0.15, 0.2) is 30.5 Å². The first-order chi connectivity index (χ1) is 8.13. The molecule has 1 atom stereocenters. The number of hydrogen-bond acceptors (Lipinski definition) is 3. The molecule has 0 saturated carbocycles. The van der Waals surface area contributed by atoms with E-state index in [1.165, 1.54) is 0 Å². The average molecular weight is 231 g/mol. The molecule has 1 unspecified atom stereocenters. The van der Waals surface area contributed by atoms with E-state index in [2.05, 4.69) is 5.10 Å². The van der Waals surface area contributed by atoms with Gasteiger partial charge in [-0.15, -0.1) is 0 Å². The summed E-state index contributed by atoms with van der Waals surface area (Å²) in [6.45, 7) is 1.96. The van der Waals surface area contributed by atoms with Gasteiger partial charge in [-0.2, -0.15) is 5.10 Å². The Morgan fingerprint density at radius 2 is 1.94 bits per heavy atom. The smallest absolute Gasteiger partial charge is 0.118 e. The van der Waals surface area contributed by atoms with Crippen molar-refractivity contribution in [2.45, 2.75) is 13.0 Å². The van der Waals surface area contributed by atoms with Crippen LogP contribution in [0, 0.1) is 0 Å². The minimum atomic E-state index is -0.0420. The largest absolute Gasteiger partial charge is 0.497 e. The van der Waals surface area contributed by atoms with Crippen LogP contribution in [-0.4, -0.2) is 16.9 Å². The van der Waals surface area contributed by atoms with Crippen LogP contribution in [0.5, 0.6) is 5.75 Å². The number of methoxy groups -OCH3 is 1.